The molecule has 2 atom stereocenters. The third-order valence-electron chi connectivity index (χ3n) is 2.76. The van der Waals surface area contributed by atoms with Crippen molar-refractivity contribution in [2.24, 2.45) is 11.7 Å². The van der Waals surface area contributed by atoms with E-state index in [1.807, 2.05) is 0 Å². The third kappa shape index (κ3) is 2.19. The first-order valence-electron chi connectivity index (χ1n) is 4.91. The van der Waals surface area contributed by atoms with Crippen LogP contribution in [-0.4, -0.2) is 31.2 Å². The predicted octanol–water partition coefficient (Wildman–Crippen LogP) is -0.371. The van der Waals surface area contributed by atoms with E-state index < -0.39 is 0 Å². The number of ether oxygens (including phenoxy) is 1. The Morgan fingerprint density at radius 3 is 2.54 bits per heavy atom. The van der Waals surface area contributed by atoms with Gasteiger partial charge in [0, 0.05) is 31.2 Å². The third-order valence-corrected chi connectivity index (χ3v) is 2.76. The first-order valence-corrected chi connectivity index (χ1v) is 4.91. The minimum atomic E-state index is 0.154. The SMILES string of the molecule is NC1CC1NC(=O)C1CCOCC1. The highest BCUT2D eigenvalue weighted by Gasteiger charge is 2.36. The zero-order chi connectivity index (χ0) is 9.26. The van der Waals surface area contributed by atoms with Crippen molar-refractivity contribution in [1.29, 1.82) is 0 Å². The lowest BCUT2D eigenvalue weighted by Crippen LogP contribution is -2.37. The first-order chi connectivity index (χ1) is 6.27. The maximum absolute atomic E-state index is 11.6. The van der Waals surface area contributed by atoms with E-state index in [-0.39, 0.29) is 23.9 Å². The molecule has 74 valence electrons. The Bertz CT molecular complexity index is 202. The molecule has 0 aromatic rings. The molecule has 4 heteroatoms. The average Bonchev–Trinajstić information content (AvgIpc) is 2.83. The molecule has 13 heavy (non-hydrogen) atoms. The van der Waals surface area contributed by atoms with Crippen molar-refractivity contribution >= 4 is 5.91 Å². The topological polar surface area (TPSA) is 64.3 Å². The Kier molecular flexibility index (Phi) is 2.51. The quantitative estimate of drug-likeness (QED) is 0.615. The van der Waals surface area contributed by atoms with Crippen LogP contribution in [-0.2, 0) is 9.53 Å². The zero-order valence-electron chi connectivity index (χ0n) is 7.66. The lowest BCUT2D eigenvalue weighted by atomic mass is 9.99. The van der Waals surface area contributed by atoms with Gasteiger partial charge in [0.05, 0.1) is 0 Å². The minimum Gasteiger partial charge on any atom is -0.381 e. The maximum Gasteiger partial charge on any atom is 0.223 e. The molecule has 0 spiro atoms. The Morgan fingerprint density at radius 2 is 2.00 bits per heavy atom. The molecule has 0 aromatic carbocycles. The second kappa shape index (κ2) is 3.64. The molecule has 2 aliphatic rings. The van der Waals surface area contributed by atoms with Gasteiger partial charge < -0.3 is 15.8 Å². The van der Waals surface area contributed by atoms with Gasteiger partial charge in [-0.1, -0.05) is 0 Å². The summed E-state index contributed by atoms with van der Waals surface area (Å²) in [7, 11) is 0. The van der Waals surface area contributed by atoms with Crippen molar-refractivity contribution in [3.05, 3.63) is 0 Å². The Balaban J connectivity index is 1.75. The Labute approximate surface area is 77.8 Å². The molecule has 1 aliphatic heterocycles. The fraction of sp³-hybridized carbons (Fsp3) is 0.889. The number of carbonyl (C=O) groups is 1. The van der Waals surface area contributed by atoms with Crippen LogP contribution in [0.1, 0.15) is 19.3 Å². The van der Waals surface area contributed by atoms with Gasteiger partial charge >= 0.3 is 0 Å². The molecular weight excluding hydrogens is 168 g/mol. The number of nitrogens with two attached hydrogens (primary N) is 1. The molecule has 1 amide bonds. The first kappa shape index (κ1) is 8.97. The van der Waals surface area contributed by atoms with E-state index in [0.717, 1.165) is 32.5 Å². The van der Waals surface area contributed by atoms with E-state index in [1.165, 1.54) is 0 Å². The van der Waals surface area contributed by atoms with E-state index in [2.05, 4.69) is 5.32 Å². The number of rotatable bonds is 2. The van der Waals surface area contributed by atoms with Crippen LogP contribution < -0.4 is 11.1 Å². The van der Waals surface area contributed by atoms with Crippen LogP contribution in [0.15, 0.2) is 0 Å². The lowest BCUT2D eigenvalue weighted by Gasteiger charge is -2.21. The number of amides is 1. The van der Waals surface area contributed by atoms with Crippen LogP contribution in [0.25, 0.3) is 0 Å². The molecular formula is C9H16N2O2. The van der Waals surface area contributed by atoms with Gasteiger partial charge in [0.25, 0.3) is 0 Å². The lowest BCUT2D eigenvalue weighted by molar-refractivity contribution is -0.128. The second-order valence-corrected chi connectivity index (χ2v) is 3.90. The van der Waals surface area contributed by atoms with Gasteiger partial charge in [0.2, 0.25) is 5.91 Å². The van der Waals surface area contributed by atoms with Gasteiger partial charge in [-0.15, -0.1) is 0 Å². The van der Waals surface area contributed by atoms with Crippen molar-refractivity contribution in [2.75, 3.05) is 13.2 Å². The molecule has 2 unspecified atom stereocenters. The summed E-state index contributed by atoms with van der Waals surface area (Å²) in [5.74, 6) is 0.322. The van der Waals surface area contributed by atoms with Gasteiger partial charge in [-0.25, -0.2) is 0 Å². The highest BCUT2D eigenvalue weighted by Crippen LogP contribution is 2.20. The smallest absolute Gasteiger partial charge is 0.223 e. The number of hydrogen-bond acceptors (Lipinski definition) is 3. The van der Waals surface area contributed by atoms with Crippen LogP contribution >= 0.6 is 0 Å². The molecule has 0 aromatic heterocycles. The van der Waals surface area contributed by atoms with Crippen molar-refractivity contribution in [3.8, 4) is 0 Å². The summed E-state index contributed by atoms with van der Waals surface area (Å²) in [5, 5.41) is 2.95. The van der Waals surface area contributed by atoms with Crippen LogP contribution in [0.5, 0.6) is 0 Å². The molecule has 1 saturated heterocycles. The van der Waals surface area contributed by atoms with E-state index >= 15 is 0 Å². The van der Waals surface area contributed by atoms with Crippen molar-refractivity contribution in [2.45, 2.75) is 31.3 Å². The average molecular weight is 184 g/mol. The fourth-order valence-corrected chi connectivity index (χ4v) is 1.64. The fourth-order valence-electron chi connectivity index (χ4n) is 1.64. The molecule has 4 nitrogen and oxygen atoms in total. The van der Waals surface area contributed by atoms with Crippen LogP contribution in [0.2, 0.25) is 0 Å². The van der Waals surface area contributed by atoms with Gasteiger partial charge in [-0.05, 0) is 19.3 Å². The van der Waals surface area contributed by atoms with Crippen LogP contribution in [0, 0.1) is 5.92 Å². The van der Waals surface area contributed by atoms with Crippen LogP contribution in [0.4, 0.5) is 0 Å². The van der Waals surface area contributed by atoms with E-state index in [0.29, 0.717) is 0 Å². The molecule has 2 rings (SSSR count). The van der Waals surface area contributed by atoms with Gasteiger partial charge in [-0.3, -0.25) is 4.79 Å². The van der Waals surface area contributed by atoms with Crippen molar-refractivity contribution in [3.63, 3.8) is 0 Å². The maximum atomic E-state index is 11.6. The molecule has 3 N–H and O–H groups in total. The minimum absolute atomic E-state index is 0.154. The summed E-state index contributed by atoms with van der Waals surface area (Å²) < 4.78 is 5.19. The monoisotopic (exact) mass is 184 g/mol. The van der Waals surface area contributed by atoms with Gasteiger partial charge in [0.15, 0.2) is 0 Å². The summed E-state index contributed by atoms with van der Waals surface area (Å²) in [6.45, 7) is 1.43. The van der Waals surface area contributed by atoms with E-state index in [9.17, 15) is 4.79 Å². The summed E-state index contributed by atoms with van der Waals surface area (Å²) >= 11 is 0. The Hall–Kier alpha value is -0.610. The normalized spacial score (nSPS) is 34.2. The van der Waals surface area contributed by atoms with Gasteiger partial charge in [0.1, 0.15) is 0 Å². The highest BCUT2D eigenvalue weighted by atomic mass is 16.5. The summed E-state index contributed by atoms with van der Waals surface area (Å²) in [4.78, 5) is 11.6. The summed E-state index contributed by atoms with van der Waals surface area (Å²) in [6.07, 6.45) is 2.65. The molecule has 2 fully saturated rings. The molecule has 1 heterocycles. The Morgan fingerprint density at radius 1 is 1.38 bits per heavy atom. The number of carbonyl (C=O) groups excluding carboxylic acids is 1. The highest BCUT2D eigenvalue weighted by molar-refractivity contribution is 5.79. The molecule has 0 radical (unpaired) electrons. The summed E-state index contributed by atoms with van der Waals surface area (Å²) in [6, 6.07) is 0.444. The van der Waals surface area contributed by atoms with Gasteiger partial charge in [-0.2, -0.15) is 0 Å². The van der Waals surface area contributed by atoms with Crippen molar-refractivity contribution in [1.82, 2.24) is 5.32 Å². The second-order valence-electron chi connectivity index (χ2n) is 3.90. The van der Waals surface area contributed by atoms with Crippen LogP contribution in [0.3, 0.4) is 0 Å². The summed E-state index contributed by atoms with van der Waals surface area (Å²) in [5.41, 5.74) is 5.60. The van der Waals surface area contributed by atoms with Crippen molar-refractivity contribution < 1.29 is 9.53 Å². The molecule has 0 bridgehead atoms. The number of nitrogens with one attached hydrogen (secondary N) is 1. The van der Waals surface area contributed by atoms with E-state index in [1.54, 1.807) is 0 Å². The molecule has 1 aliphatic carbocycles. The standard InChI is InChI=1S/C9H16N2O2/c10-7-5-8(7)11-9(12)6-1-3-13-4-2-6/h6-8H,1-5,10H2,(H,11,12). The predicted molar refractivity (Wildman–Crippen MR) is 48.1 cm³/mol. The number of hydrogen-bond donors (Lipinski definition) is 2. The molecule has 1 saturated carbocycles. The zero-order valence-corrected chi connectivity index (χ0v) is 7.66. The largest absolute Gasteiger partial charge is 0.381 e. The van der Waals surface area contributed by atoms with E-state index in [4.69, 9.17) is 10.5 Å².